The molecule has 2 amide bonds. The van der Waals surface area contributed by atoms with Crippen molar-refractivity contribution in [3.05, 3.63) is 54.2 Å². The van der Waals surface area contributed by atoms with Crippen molar-refractivity contribution in [3.8, 4) is 5.75 Å². The van der Waals surface area contributed by atoms with Gasteiger partial charge >= 0.3 is 0 Å². The fourth-order valence-corrected chi connectivity index (χ4v) is 3.11. The molecule has 1 N–H and O–H groups in total. The molecule has 6 nitrogen and oxygen atoms in total. The van der Waals surface area contributed by atoms with Crippen molar-refractivity contribution in [2.24, 2.45) is 0 Å². The summed E-state index contributed by atoms with van der Waals surface area (Å²) >= 11 is 1.11. The lowest BCUT2D eigenvalue weighted by atomic mass is 10.1. The van der Waals surface area contributed by atoms with Crippen LogP contribution in [0.3, 0.4) is 0 Å². The third-order valence-electron chi connectivity index (χ3n) is 3.67. The number of likely N-dealkylation sites (N-methyl/N-ethyl adjacent to an activating group) is 1. The summed E-state index contributed by atoms with van der Waals surface area (Å²) in [6, 6.07) is 13.7. The Hall–Kier alpha value is -2.54. The van der Waals surface area contributed by atoms with Crippen LogP contribution in [0.1, 0.15) is 12.5 Å². The first-order chi connectivity index (χ1) is 12.6. The number of amides is 2. The molecule has 7 heteroatoms. The van der Waals surface area contributed by atoms with E-state index in [1.165, 1.54) is 0 Å². The van der Waals surface area contributed by atoms with E-state index in [1.807, 2.05) is 61.3 Å². The van der Waals surface area contributed by atoms with Gasteiger partial charge in [0.15, 0.2) is 0 Å². The number of aromatic nitrogens is 1. The van der Waals surface area contributed by atoms with Gasteiger partial charge in [-0.1, -0.05) is 36.9 Å². The topological polar surface area (TPSA) is 71.5 Å². The Morgan fingerprint density at radius 2 is 2.08 bits per heavy atom. The summed E-state index contributed by atoms with van der Waals surface area (Å²) < 4.78 is 5.78. The van der Waals surface area contributed by atoms with Crippen LogP contribution in [0.25, 0.3) is 0 Å². The monoisotopic (exact) mass is 373 g/mol. The van der Waals surface area contributed by atoms with Gasteiger partial charge in [-0.05, 0) is 36.2 Å². The minimum absolute atomic E-state index is 0.0775. The number of hydrogen-bond acceptors (Lipinski definition) is 6. The van der Waals surface area contributed by atoms with Gasteiger partial charge in [0.25, 0.3) is 5.24 Å². The van der Waals surface area contributed by atoms with Crippen LogP contribution in [-0.4, -0.2) is 42.1 Å². The van der Waals surface area contributed by atoms with Crippen molar-refractivity contribution >= 4 is 29.2 Å². The third-order valence-corrected chi connectivity index (χ3v) is 4.57. The number of carbonyl (C=O) groups is 2. The molecule has 1 heterocycles. The number of imide groups is 1. The number of hydrogen-bond donors (Lipinski definition) is 1. The van der Waals surface area contributed by atoms with Gasteiger partial charge in [-0.25, -0.2) is 4.98 Å². The van der Waals surface area contributed by atoms with Crippen LogP contribution in [0.5, 0.6) is 5.75 Å². The van der Waals surface area contributed by atoms with Crippen LogP contribution in [0.2, 0.25) is 0 Å². The molecule has 26 heavy (non-hydrogen) atoms. The van der Waals surface area contributed by atoms with E-state index in [-0.39, 0.29) is 10.5 Å². The minimum Gasteiger partial charge on any atom is -0.492 e. The molecule has 0 aliphatic carbocycles. The van der Waals surface area contributed by atoms with Crippen molar-refractivity contribution < 1.29 is 14.3 Å². The number of carbonyl (C=O) groups excluding carboxylic acids is 2. The van der Waals surface area contributed by atoms with Crippen molar-refractivity contribution in [1.29, 1.82) is 0 Å². The molecule has 0 saturated heterocycles. The first-order valence-electron chi connectivity index (χ1n) is 8.33. The highest BCUT2D eigenvalue weighted by atomic mass is 32.2. The molecule has 1 unspecified atom stereocenters. The zero-order chi connectivity index (χ0) is 18.8. The normalized spacial score (nSPS) is 11.5. The Morgan fingerprint density at radius 3 is 2.73 bits per heavy atom. The Morgan fingerprint density at radius 1 is 1.31 bits per heavy atom. The minimum atomic E-state index is -0.329. The van der Waals surface area contributed by atoms with E-state index in [2.05, 4.69) is 10.3 Å². The Balaban J connectivity index is 1.75. The van der Waals surface area contributed by atoms with E-state index in [0.29, 0.717) is 13.0 Å². The van der Waals surface area contributed by atoms with Gasteiger partial charge in [0.05, 0.1) is 6.54 Å². The molecule has 1 aromatic heterocycles. The molecule has 0 spiro atoms. The quantitative estimate of drug-likeness (QED) is 0.681. The molecular weight excluding hydrogens is 350 g/mol. The van der Waals surface area contributed by atoms with Crippen molar-refractivity contribution in [2.75, 3.05) is 25.1 Å². The van der Waals surface area contributed by atoms with Crippen LogP contribution < -0.4 is 15.0 Å². The van der Waals surface area contributed by atoms with E-state index in [1.54, 1.807) is 6.20 Å². The molecule has 2 aromatic rings. The van der Waals surface area contributed by atoms with E-state index in [0.717, 1.165) is 41.9 Å². The molecule has 138 valence electrons. The molecule has 0 bridgehead atoms. The van der Waals surface area contributed by atoms with Crippen LogP contribution in [0, 0.1) is 0 Å². The second-order valence-corrected chi connectivity index (χ2v) is 7.20. The lowest BCUT2D eigenvalue weighted by Crippen LogP contribution is -2.24. The van der Waals surface area contributed by atoms with Crippen molar-refractivity contribution in [1.82, 2.24) is 10.3 Å². The van der Waals surface area contributed by atoms with Gasteiger partial charge in [0, 0.05) is 18.5 Å². The highest BCUT2D eigenvalue weighted by molar-refractivity contribution is 8.14. The lowest BCUT2D eigenvalue weighted by Gasteiger charge is -2.18. The van der Waals surface area contributed by atoms with Gasteiger partial charge < -0.3 is 9.64 Å². The predicted molar refractivity (Wildman–Crippen MR) is 105 cm³/mol. The molecule has 0 saturated carbocycles. The SMILES string of the molecule is CC(Cc1ccc(OCCN(C)c2ccccn2)cc1)SC(=O)NC=O. The maximum atomic E-state index is 11.4. The van der Waals surface area contributed by atoms with E-state index < -0.39 is 0 Å². The maximum absolute atomic E-state index is 11.4. The molecular formula is C19H23N3O3S. The summed E-state index contributed by atoms with van der Waals surface area (Å²) in [4.78, 5) is 27.9. The zero-order valence-electron chi connectivity index (χ0n) is 14.9. The fourth-order valence-electron chi connectivity index (χ4n) is 2.35. The average molecular weight is 373 g/mol. The van der Waals surface area contributed by atoms with Crippen molar-refractivity contribution in [3.63, 3.8) is 0 Å². The largest absolute Gasteiger partial charge is 0.492 e. The average Bonchev–Trinajstić information content (AvgIpc) is 2.64. The third kappa shape index (κ3) is 6.76. The summed E-state index contributed by atoms with van der Waals surface area (Å²) in [6.07, 6.45) is 2.91. The highest BCUT2D eigenvalue weighted by Crippen LogP contribution is 2.19. The summed E-state index contributed by atoms with van der Waals surface area (Å²) in [5.74, 6) is 1.72. The first kappa shape index (κ1) is 19.8. The van der Waals surface area contributed by atoms with Crippen molar-refractivity contribution in [2.45, 2.75) is 18.6 Å². The summed E-state index contributed by atoms with van der Waals surface area (Å²) in [7, 11) is 1.98. The van der Waals surface area contributed by atoms with Gasteiger partial charge in [-0.15, -0.1) is 0 Å². The second kappa shape index (κ2) is 10.5. The van der Waals surface area contributed by atoms with E-state index in [4.69, 9.17) is 4.74 Å². The van der Waals surface area contributed by atoms with Crippen LogP contribution >= 0.6 is 11.8 Å². The maximum Gasteiger partial charge on any atom is 0.285 e. The molecule has 0 radical (unpaired) electrons. The number of anilines is 1. The van der Waals surface area contributed by atoms with Gasteiger partial charge in [-0.2, -0.15) is 0 Å². The number of pyridine rings is 1. The van der Waals surface area contributed by atoms with Gasteiger partial charge in [0.2, 0.25) is 6.41 Å². The number of nitrogens with one attached hydrogen (secondary N) is 1. The second-order valence-electron chi connectivity index (χ2n) is 5.78. The van der Waals surface area contributed by atoms with Gasteiger partial charge in [0.1, 0.15) is 18.2 Å². The molecule has 1 aromatic carbocycles. The van der Waals surface area contributed by atoms with Crippen LogP contribution in [0.15, 0.2) is 48.7 Å². The van der Waals surface area contributed by atoms with Gasteiger partial charge in [-0.3, -0.25) is 14.9 Å². The molecule has 0 fully saturated rings. The summed E-state index contributed by atoms with van der Waals surface area (Å²) in [5.41, 5.74) is 1.11. The molecule has 0 aliphatic rings. The number of thioether (sulfide) groups is 1. The summed E-state index contributed by atoms with van der Waals surface area (Å²) in [5, 5.41) is 1.88. The van der Waals surface area contributed by atoms with Crippen LogP contribution in [-0.2, 0) is 11.2 Å². The number of benzene rings is 1. The Bertz CT molecular complexity index is 695. The first-order valence-corrected chi connectivity index (χ1v) is 9.21. The van der Waals surface area contributed by atoms with Crippen LogP contribution in [0.4, 0.5) is 10.6 Å². The fraction of sp³-hybridized carbons (Fsp3) is 0.316. The Kier molecular flexibility index (Phi) is 7.95. The van der Waals surface area contributed by atoms with E-state index >= 15 is 0 Å². The highest BCUT2D eigenvalue weighted by Gasteiger charge is 2.10. The standard InChI is InChI=1S/C19H23N3O3S/c1-15(26-19(24)21-14-23)13-16-6-8-17(9-7-16)25-12-11-22(2)18-5-3-4-10-20-18/h3-10,14-15H,11-13H2,1-2H3,(H,21,23,24). The number of ether oxygens (including phenoxy) is 1. The zero-order valence-corrected chi connectivity index (χ0v) is 15.7. The lowest BCUT2D eigenvalue weighted by molar-refractivity contribution is -0.108. The number of nitrogens with zero attached hydrogens (tertiary/aromatic N) is 2. The molecule has 0 aliphatic heterocycles. The molecule has 1 atom stereocenters. The predicted octanol–water partition coefficient (Wildman–Crippen LogP) is 3.13. The summed E-state index contributed by atoms with van der Waals surface area (Å²) in [6.45, 7) is 3.25. The molecule has 2 rings (SSSR count). The smallest absolute Gasteiger partial charge is 0.285 e. The Labute approximate surface area is 157 Å². The van der Waals surface area contributed by atoms with E-state index in [9.17, 15) is 9.59 Å². The number of rotatable bonds is 9.